The monoisotopic (exact) mass is 168 g/mol. The minimum absolute atomic E-state index is 0.0568. The molecule has 3 nitrogen and oxygen atoms in total. The van der Waals surface area contributed by atoms with E-state index in [1.807, 2.05) is 6.92 Å². The van der Waals surface area contributed by atoms with E-state index in [0.29, 0.717) is 5.89 Å². The van der Waals surface area contributed by atoms with Crippen LogP contribution in [0.15, 0.2) is 4.42 Å². The molecule has 68 valence electrons. The van der Waals surface area contributed by atoms with Gasteiger partial charge in [0.05, 0.1) is 0 Å². The van der Waals surface area contributed by atoms with E-state index in [2.05, 4.69) is 31.0 Å². The summed E-state index contributed by atoms with van der Waals surface area (Å²) in [6.07, 6.45) is 2.07. The average Bonchev–Trinajstić information content (AvgIpc) is 2.51. The third-order valence-electron chi connectivity index (χ3n) is 2.60. The Balaban J connectivity index is 2.94. The molecule has 0 bridgehead atoms. The van der Waals surface area contributed by atoms with E-state index in [0.717, 1.165) is 18.7 Å². The minimum atomic E-state index is 0.0568. The maximum absolute atomic E-state index is 5.41. The van der Waals surface area contributed by atoms with Crippen molar-refractivity contribution in [2.45, 2.75) is 46.0 Å². The fraction of sp³-hybridized carbons (Fsp3) is 0.778. The molecule has 12 heavy (non-hydrogen) atoms. The van der Waals surface area contributed by atoms with Gasteiger partial charge in [0.1, 0.15) is 0 Å². The molecule has 0 spiro atoms. The molecule has 0 amide bonds. The Kier molecular flexibility index (Phi) is 2.50. The zero-order valence-electron chi connectivity index (χ0n) is 8.22. The molecule has 1 rings (SSSR count). The van der Waals surface area contributed by atoms with Crippen molar-refractivity contribution in [2.24, 2.45) is 0 Å². The molecular weight excluding hydrogens is 152 g/mol. The van der Waals surface area contributed by atoms with Crippen LogP contribution in [0.2, 0.25) is 0 Å². The van der Waals surface area contributed by atoms with E-state index >= 15 is 0 Å². The van der Waals surface area contributed by atoms with Gasteiger partial charge in [0.2, 0.25) is 11.8 Å². The van der Waals surface area contributed by atoms with Gasteiger partial charge in [-0.3, -0.25) is 0 Å². The normalized spacial score (nSPS) is 12.0. The highest BCUT2D eigenvalue weighted by Gasteiger charge is 2.28. The Hall–Kier alpha value is -0.860. The first-order chi connectivity index (χ1) is 5.62. The van der Waals surface area contributed by atoms with Crippen molar-refractivity contribution < 1.29 is 4.42 Å². The lowest BCUT2D eigenvalue weighted by molar-refractivity contribution is 0.318. The first-order valence-corrected chi connectivity index (χ1v) is 4.43. The quantitative estimate of drug-likeness (QED) is 0.695. The molecule has 0 radical (unpaired) electrons. The van der Waals surface area contributed by atoms with Crippen LogP contribution in [0.3, 0.4) is 0 Å². The van der Waals surface area contributed by atoms with Crippen LogP contribution in [0.5, 0.6) is 0 Å². The number of aromatic nitrogens is 2. The van der Waals surface area contributed by atoms with Crippen LogP contribution in [0.4, 0.5) is 0 Å². The zero-order chi connectivity index (χ0) is 9.19. The SMILES string of the molecule is CCC(C)(CC)c1nnc(C)o1. The summed E-state index contributed by atoms with van der Waals surface area (Å²) >= 11 is 0. The highest BCUT2D eigenvalue weighted by molar-refractivity contribution is 4.99. The molecule has 0 aliphatic heterocycles. The van der Waals surface area contributed by atoms with Crippen molar-refractivity contribution in [1.82, 2.24) is 10.2 Å². The maximum Gasteiger partial charge on any atom is 0.222 e. The lowest BCUT2D eigenvalue weighted by Gasteiger charge is -2.21. The third-order valence-corrected chi connectivity index (χ3v) is 2.60. The van der Waals surface area contributed by atoms with Gasteiger partial charge in [0.25, 0.3) is 0 Å². The molecule has 0 aliphatic carbocycles. The number of nitrogens with zero attached hydrogens (tertiary/aromatic N) is 2. The third kappa shape index (κ3) is 1.49. The summed E-state index contributed by atoms with van der Waals surface area (Å²) < 4.78 is 5.41. The second-order valence-electron chi connectivity index (χ2n) is 3.39. The Labute approximate surface area is 73.2 Å². The molecule has 0 aliphatic rings. The summed E-state index contributed by atoms with van der Waals surface area (Å²) in [5.41, 5.74) is 0.0568. The van der Waals surface area contributed by atoms with Gasteiger partial charge in [0.15, 0.2) is 0 Å². The van der Waals surface area contributed by atoms with E-state index < -0.39 is 0 Å². The van der Waals surface area contributed by atoms with E-state index in [-0.39, 0.29) is 5.41 Å². The molecular formula is C9H16N2O. The first kappa shape index (κ1) is 9.23. The standard InChI is InChI=1S/C9H16N2O/c1-5-9(4,6-2)8-11-10-7(3)12-8/h5-6H2,1-4H3. The van der Waals surface area contributed by atoms with Gasteiger partial charge in [0, 0.05) is 12.3 Å². The van der Waals surface area contributed by atoms with E-state index in [9.17, 15) is 0 Å². The zero-order valence-corrected chi connectivity index (χ0v) is 8.22. The molecule has 0 fully saturated rings. The Morgan fingerprint density at radius 2 is 1.83 bits per heavy atom. The summed E-state index contributed by atoms with van der Waals surface area (Å²) in [4.78, 5) is 0. The summed E-state index contributed by atoms with van der Waals surface area (Å²) in [6, 6.07) is 0. The van der Waals surface area contributed by atoms with Crippen molar-refractivity contribution in [3.63, 3.8) is 0 Å². The van der Waals surface area contributed by atoms with E-state index in [1.165, 1.54) is 0 Å². The van der Waals surface area contributed by atoms with Crippen LogP contribution in [-0.2, 0) is 5.41 Å². The number of hydrogen-bond donors (Lipinski definition) is 0. The number of hydrogen-bond acceptors (Lipinski definition) is 3. The van der Waals surface area contributed by atoms with Crippen LogP contribution >= 0.6 is 0 Å². The van der Waals surface area contributed by atoms with Crippen molar-refractivity contribution in [3.05, 3.63) is 11.8 Å². The van der Waals surface area contributed by atoms with Gasteiger partial charge in [-0.2, -0.15) is 0 Å². The Morgan fingerprint density at radius 3 is 2.17 bits per heavy atom. The molecule has 0 atom stereocenters. The van der Waals surface area contributed by atoms with Gasteiger partial charge < -0.3 is 4.42 Å². The van der Waals surface area contributed by atoms with Gasteiger partial charge in [-0.1, -0.05) is 20.8 Å². The van der Waals surface area contributed by atoms with Crippen molar-refractivity contribution >= 4 is 0 Å². The average molecular weight is 168 g/mol. The molecule has 0 saturated carbocycles. The lowest BCUT2D eigenvalue weighted by atomic mass is 9.85. The van der Waals surface area contributed by atoms with Crippen LogP contribution in [0.25, 0.3) is 0 Å². The molecule has 0 unspecified atom stereocenters. The van der Waals surface area contributed by atoms with Gasteiger partial charge >= 0.3 is 0 Å². The number of rotatable bonds is 3. The largest absolute Gasteiger partial charge is 0.425 e. The van der Waals surface area contributed by atoms with Gasteiger partial charge in [-0.15, -0.1) is 10.2 Å². The second-order valence-corrected chi connectivity index (χ2v) is 3.39. The van der Waals surface area contributed by atoms with Crippen LogP contribution in [0, 0.1) is 6.92 Å². The van der Waals surface area contributed by atoms with Crippen molar-refractivity contribution in [3.8, 4) is 0 Å². The molecule has 0 saturated heterocycles. The second kappa shape index (κ2) is 3.25. The lowest BCUT2D eigenvalue weighted by Crippen LogP contribution is -2.19. The highest BCUT2D eigenvalue weighted by Crippen LogP contribution is 2.29. The fourth-order valence-electron chi connectivity index (χ4n) is 1.09. The van der Waals surface area contributed by atoms with E-state index in [4.69, 9.17) is 4.42 Å². The molecule has 3 heteroatoms. The van der Waals surface area contributed by atoms with Crippen LogP contribution in [-0.4, -0.2) is 10.2 Å². The predicted octanol–water partition coefficient (Wildman–Crippen LogP) is 2.46. The van der Waals surface area contributed by atoms with E-state index in [1.54, 1.807) is 0 Å². The maximum atomic E-state index is 5.41. The summed E-state index contributed by atoms with van der Waals surface area (Å²) in [5, 5.41) is 7.87. The predicted molar refractivity (Wildman–Crippen MR) is 47.0 cm³/mol. The fourth-order valence-corrected chi connectivity index (χ4v) is 1.09. The summed E-state index contributed by atoms with van der Waals surface area (Å²) in [7, 11) is 0. The van der Waals surface area contributed by atoms with Crippen molar-refractivity contribution in [2.75, 3.05) is 0 Å². The molecule has 1 aromatic rings. The van der Waals surface area contributed by atoms with Gasteiger partial charge in [-0.05, 0) is 12.8 Å². The Morgan fingerprint density at radius 1 is 1.25 bits per heavy atom. The highest BCUT2D eigenvalue weighted by atomic mass is 16.4. The van der Waals surface area contributed by atoms with Gasteiger partial charge in [-0.25, -0.2) is 0 Å². The summed E-state index contributed by atoms with van der Waals surface area (Å²) in [5.74, 6) is 1.42. The number of aryl methyl sites for hydroxylation is 1. The molecule has 0 aromatic carbocycles. The molecule has 0 N–H and O–H groups in total. The topological polar surface area (TPSA) is 38.9 Å². The Bertz CT molecular complexity index is 251. The first-order valence-electron chi connectivity index (χ1n) is 4.43. The smallest absolute Gasteiger partial charge is 0.222 e. The van der Waals surface area contributed by atoms with Crippen molar-refractivity contribution in [1.29, 1.82) is 0 Å². The van der Waals surface area contributed by atoms with Crippen LogP contribution < -0.4 is 0 Å². The molecule has 1 aromatic heterocycles. The van der Waals surface area contributed by atoms with Crippen LogP contribution in [0.1, 0.15) is 45.4 Å². The summed E-state index contributed by atoms with van der Waals surface area (Å²) in [6.45, 7) is 8.26. The minimum Gasteiger partial charge on any atom is -0.425 e. The molecule has 1 heterocycles.